The molecule has 0 atom stereocenters. The van der Waals surface area contributed by atoms with Crippen molar-refractivity contribution in [3.8, 4) is 17.1 Å². The number of nitrogens with one attached hydrogen (secondary N) is 1. The Balaban J connectivity index is 1.57. The average molecular weight is 350 g/mol. The minimum Gasteiger partial charge on any atom is -0.497 e. The molecule has 0 saturated carbocycles. The van der Waals surface area contributed by atoms with Crippen molar-refractivity contribution in [1.29, 1.82) is 0 Å². The molecule has 0 aliphatic rings. The molecule has 1 amide bonds. The molecule has 0 aliphatic heterocycles. The zero-order valence-electron chi connectivity index (χ0n) is 15.2. The van der Waals surface area contributed by atoms with Crippen LogP contribution in [0.1, 0.15) is 23.4 Å². The molecule has 3 rings (SSSR count). The van der Waals surface area contributed by atoms with E-state index < -0.39 is 0 Å². The van der Waals surface area contributed by atoms with E-state index in [1.54, 1.807) is 13.3 Å². The van der Waals surface area contributed by atoms with Gasteiger partial charge in [-0.25, -0.2) is 4.98 Å². The van der Waals surface area contributed by atoms with E-state index in [9.17, 15) is 4.79 Å². The summed E-state index contributed by atoms with van der Waals surface area (Å²) in [5, 5.41) is 2.92. The van der Waals surface area contributed by atoms with Crippen LogP contribution in [0.15, 0.2) is 53.1 Å². The van der Waals surface area contributed by atoms with Crippen molar-refractivity contribution < 1.29 is 13.9 Å². The lowest BCUT2D eigenvalue weighted by atomic mass is 10.1. The molecule has 3 aromatic rings. The van der Waals surface area contributed by atoms with Gasteiger partial charge in [-0.15, -0.1) is 0 Å². The van der Waals surface area contributed by atoms with Crippen LogP contribution in [-0.4, -0.2) is 18.0 Å². The van der Waals surface area contributed by atoms with Crippen LogP contribution in [0.25, 0.3) is 11.3 Å². The molecule has 1 aromatic heterocycles. The molecule has 0 unspecified atom stereocenters. The highest BCUT2D eigenvalue weighted by atomic mass is 16.5. The number of ether oxygens (including phenoxy) is 1. The number of amides is 1. The van der Waals surface area contributed by atoms with Gasteiger partial charge < -0.3 is 14.5 Å². The Kier molecular flexibility index (Phi) is 5.37. The normalized spacial score (nSPS) is 10.6. The number of nitrogens with zero attached hydrogens (tertiary/aromatic N) is 1. The lowest BCUT2D eigenvalue weighted by Crippen LogP contribution is -2.12. The minimum atomic E-state index is -0.0563. The van der Waals surface area contributed by atoms with Crippen LogP contribution in [0.5, 0.6) is 5.75 Å². The number of rotatable bonds is 6. The SMILES string of the molecule is COc1ccc(-c2cnc(CCC(=O)Nc3cc(C)cc(C)c3)o2)cc1. The van der Waals surface area contributed by atoms with Crippen LogP contribution in [0, 0.1) is 13.8 Å². The predicted molar refractivity (Wildman–Crippen MR) is 101 cm³/mol. The molecule has 0 spiro atoms. The number of hydrogen-bond donors (Lipinski definition) is 1. The second kappa shape index (κ2) is 7.87. The van der Waals surface area contributed by atoms with Gasteiger partial charge in [0.1, 0.15) is 5.75 Å². The predicted octanol–water partition coefficient (Wildman–Crippen LogP) is 4.54. The summed E-state index contributed by atoms with van der Waals surface area (Å²) in [7, 11) is 1.63. The molecule has 0 saturated heterocycles. The summed E-state index contributed by atoms with van der Waals surface area (Å²) < 4.78 is 10.9. The van der Waals surface area contributed by atoms with Gasteiger partial charge >= 0.3 is 0 Å². The molecule has 0 fully saturated rings. The van der Waals surface area contributed by atoms with E-state index in [1.165, 1.54) is 0 Å². The van der Waals surface area contributed by atoms with E-state index in [1.807, 2.05) is 50.2 Å². The van der Waals surface area contributed by atoms with Crippen molar-refractivity contribution in [2.45, 2.75) is 26.7 Å². The van der Waals surface area contributed by atoms with Gasteiger partial charge in [0.25, 0.3) is 0 Å². The number of aromatic nitrogens is 1. The summed E-state index contributed by atoms with van der Waals surface area (Å²) in [5.74, 6) is 1.96. The van der Waals surface area contributed by atoms with Gasteiger partial charge in [-0.05, 0) is 61.4 Å². The second-order valence-electron chi connectivity index (χ2n) is 6.27. The van der Waals surface area contributed by atoms with Crippen molar-refractivity contribution in [1.82, 2.24) is 4.98 Å². The standard InChI is InChI=1S/C21H22N2O3/c1-14-10-15(2)12-17(11-14)23-20(24)8-9-21-22-13-19(26-21)16-4-6-18(25-3)7-5-16/h4-7,10-13H,8-9H2,1-3H3,(H,23,24). The first kappa shape index (κ1) is 17.7. The summed E-state index contributed by atoms with van der Waals surface area (Å²) in [6, 6.07) is 13.5. The van der Waals surface area contributed by atoms with E-state index >= 15 is 0 Å². The largest absolute Gasteiger partial charge is 0.497 e. The summed E-state index contributed by atoms with van der Waals surface area (Å²) in [4.78, 5) is 16.4. The maximum Gasteiger partial charge on any atom is 0.224 e. The zero-order chi connectivity index (χ0) is 18.5. The van der Waals surface area contributed by atoms with Crippen molar-refractivity contribution in [2.24, 2.45) is 0 Å². The van der Waals surface area contributed by atoms with Gasteiger partial charge in [0.15, 0.2) is 11.7 Å². The van der Waals surface area contributed by atoms with Crippen molar-refractivity contribution in [3.05, 3.63) is 65.7 Å². The monoisotopic (exact) mass is 350 g/mol. The molecule has 1 N–H and O–H groups in total. The third-order valence-corrected chi connectivity index (χ3v) is 4.00. The Morgan fingerprint density at radius 1 is 1.12 bits per heavy atom. The summed E-state index contributed by atoms with van der Waals surface area (Å²) in [6.45, 7) is 4.02. The smallest absolute Gasteiger partial charge is 0.224 e. The fourth-order valence-corrected chi connectivity index (χ4v) is 2.81. The first-order chi connectivity index (χ1) is 12.5. The minimum absolute atomic E-state index is 0.0563. The van der Waals surface area contributed by atoms with Gasteiger partial charge in [-0.1, -0.05) is 6.07 Å². The summed E-state index contributed by atoms with van der Waals surface area (Å²) >= 11 is 0. The van der Waals surface area contributed by atoms with E-state index in [0.29, 0.717) is 24.5 Å². The molecular formula is C21H22N2O3. The molecule has 0 aliphatic carbocycles. The second-order valence-corrected chi connectivity index (χ2v) is 6.27. The van der Waals surface area contributed by atoms with Gasteiger partial charge in [-0.2, -0.15) is 0 Å². The first-order valence-electron chi connectivity index (χ1n) is 8.51. The molecule has 1 heterocycles. The fraction of sp³-hybridized carbons (Fsp3) is 0.238. The van der Waals surface area contributed by atoms with Crippen LogP contribution >= 0.6 is 0 Å². The molecule has 5 nitrogen and oxygen atoms in total. The van der Waals surface area contributed by atoms with E-state index in [-0.39, 0.29) is 5.91 Å². The third kappa shape index (κ3) is 4.51. The Morgan fingerprint density at radius 2 is 1.81 bits per heavy atom. The Bertz CT molecular complexity index is 878. The molecular weight excluding hydrogens is 328 g/mol. The molecule has 2 aromatic carbocycles. The van der Waals surface area contributed by atoms with Crippen molar-refractivity contribution >= 4 is 11.6 Å². The van der Waals surface area contributed by atoms with E-state index in [0.717, 1.165) is 28.1 Å². The van der Waals surface area contributed by atoms with E-state index in [2.05, 4.69) is 16.4 Å². The Morgan fingerprint density at radius 3 is 2.46 bits per heavy atom. The lowest BCUT2D eigenvalue weighted by molar-refractivity contribution is -0.116. The number of aryl methyl sites for hydroxylation is 3. The van der Waals surface area contributed by atoms with Crippen LogP contribution in [0.3, 0.4) is 0 Å². The van der Waals surface area contributed by atoms with Crippen LogP contribution in [0.2, 0.25) is 0 Å². The molecule has 0 radical (unpaired) electrons. The first-order valence-corrected chi connectivity index (χ1v) is 8.51. The number of benzene rings is 2. The highest BCUT2D eigenvalue weighted by Gasteiger charge is 2.10. The quantitative estimate of drug-likeness (QED) is 0.709. The summed E-state index contributed by atoms with van der Waals surface area (Å²) in [6.07, 6.45) is 2.45. The van der Waals surface area contributed by atoms with Gasteiger partial charge in [-0.3, -0.25) is 4.79 Å². The van der Waals surface area contributed by atoms with Gasteiger partial charge in [0.2, 0.25) is 5.91 Å². The average Bonchev–Trinajstić information content (AvgIpc) is 3.08. The molecule has 134 valence electrons. The zero-order valence-corrected chi connectivity index (χ0v) is 15.2. The maximum atomic E-state index is 12.2. The topological polar surface area (TPSA) is 64.4 Å². The Labute approximate surface area is 153 Å². The van der Waals surface area contributed by atoms with Crippen LogP contribution in [-0.2, 0) is 11.2 Å². The van der Waals surface area contributed by atoms with Gasteiger partial charge in [0.05, 0.1) is 13.3 Å². The molecule has 0 bridgehead atoms. The van der Waals surface area contributed by atoms with Crippen molar-refractivity contribution in [2.75, 3.05) is 12.4 Å². The number of carbonyl (C=O) groups excluding carboxylic acids is 1. The van der Waals surface area contributed by atoms with E-state index in [4.69, 9.17) is 9.15 Å². The van der Waals surface area contributed by atoms with Gasteiger partial charge in [0, 0.05) is 24.1 Å². The Hall–Kier alpha value is -3.08. The number of methoxy groups -OCH3 is 1. The highest BCUT2D eigenvalue weighted by Crippen LogP contribution is 2.23. The summed E-state index contributed by atoms with van der Waals surface area (Å²) in [5.41, 5.74) is 3.98. The number of carbonyl (C=O) groups is 1. The molecule has 26 heavy (non-hydrogen) atoms. The highest BCUT2D eigenvalue weighted by molar-refractivity contribution is 5.90. The van der Waals surface area contributed by atoms with Crippen LogP contribution < -0.4 is 10.1 Å². The fourth-order valence-electron chi connectivity index (χ4n) is 2.81. The van der Waals surface area contributed by atoms with Crippen LogP contribution in [0.4, 0.5) is 5.69 Å². The lowest BCUT2D eigenvalue weighted by Gasteiger charge is -2.07. The maximum absolute atomic E-state index is 12.2. The third-order valence-electron chi connectivity index (χ3n) is 4.00. The molecule has 5 heteroatoms. The van der Waals surface area contributed by atoms with Crippen molar-refractivity contribution in [3.63, 3.8) is 0 Å². The number of hydrogen-bond acceptors (Lipinski definition) is 4. The number of anilines is 1. The number of oxazole rings is 1.